The van der Waals surface area contributed by atoms with Gasteiger partial charge in [-0.1, -0.05) is 13.8 Å². The van der Waals surface area contributed by atoms with Gasteiger partial charge in [-0.15, -0.1) is 10.2 Å². The first-order valence-corrected chi connectivity index (χ1v) is 9.39. The van der Waals surface area contributed by atoms with Gasteiger partial charge in [0, 0.05) is 32.2 Å². The molecule has 3 rings (SSSR count). The number of aryl methyl sites for hydroxylation is 1. The van der Waals surface area contributed by atoms with Crippen LogP contribution in [-0.2, 0) is 16.1 Å². The molecule has 2 aliphatic heterocycles. The van der Waals surface area contributed by atoms with Crippen LogP contribution in [0.25, 0.3) is 0 Å². The van der Waals surface area contributed by atoms with Gasteiger partial charge < -0.3 is 14.2 Å². The number of piperidine rings is 1. The molecule has 2 saturated heterocycles. The van der Waals surface area contributed by atoms with Gasteiger partial charge in [-0.2, -0.15) is 0 Å². The number of hydrogen-bond acceptors (Lipinski definition) is 4. The van der Waals surface area contributed by atoms with Crippen LogP contribution in [0.1, 0.15) is 58.2 Å². The minimum atomic E-state index is 0.0367. The van der Waals surface area contributed by atoms with Crippen molar-refractivity contribution < 1.29 is 9.53 Å². The monoisotopic (exact) mass is 334 g/mol. The van der Waals surface area contributed by atoms with Crippen molar-refractivity contribution in [3.8, 4) is 0 Å². The van der Waals surface area contributed by atoms with E-state index in [-0.39, 0.29) is 12.0 Å². The molecule has 2 atom stereocenters. The fraction of sp³-hybridized carbons (Fsp3) is 0.833. The van der Waals surface area contributed by atoms with Crippen LogP contribution in [0, 0.1) is 11.8 Å². The van der Waals surface area contributed by atoms with E-state index in [0.717, 1.165) is 57.7 Å². The molecule has 1 aromatic heterocycles. The lowest BCUT2D eigenvalue weighted by Gasteiger charge is -2.39. The molecule has 0 radical (unpaired) electrons. The molecule has 0 spiro atoms. The van der Waals surface area contributed by atoms with E-state index in [1.165, 1.54) is 0 Å². The summed E-state index contributed by atoms with van der Waals surface area (Å²) in [5.41, 5.74) is 0. The second kappa shape index (κ2) is 7.64. The molecule has 3 heterocycles. The van der Waals surface area contributed by atoms with Crippen molar-refractivity contribution in [1.29, 1.82) is 0 Å². The quantitative estimate of drug-likeness (QED) is 0.848. The number of carbonyl (C=O) groups is 1. The zero-order chi connectivity index (χ0) is 17.1. The highest BCUT2D eigenvalue weighted by Crippen LogP contribution is 2.31. The molecule has 0 aliphatic carbocycles. The van der Waals surface area contributed by atoms with Crippen LogP contribution in [0.3, 0.4) is 0 Å². The highest BCUT2D eigenvalue weighted by molar-refractivity contribution is 5.79. The first-order valence-electron chi connectivity index (χ1n) is 9.39. The Morgan fingerprint density at radius 3 is 2.75 bits per heavy atom. The summed E-state index contributed by atoms with van der Waals surface area (Å²) in [6, 6.07) is 0. The molecule has 0 saturated carbocycles. The third-order valence-electron chi connectivity index (χ3n) is 5.50. The normalized spacial score (nSPS) is 26.1. The fourth-order valence-corrected chi connectivity index (χ4v) is 4.14. The Labute approximate surface area is 144 Å². The van der Waals surface area contributed by atoms with Crippen LogP contribution in [0.15, 0.2) is 6.33 Å². The number of amides is 1. The summed E-state index contributed by atoms with van der Waals surface area (Å²) in [6.45, 7) is 9.75. The average Bonchev–Trinajstić information content (AvgIpc) is 3.10. The molecule has 1 amide bonds. The van der Waals surface area contributed by atoms with Crippen molar-refractivity contribution in [2.45, 2.75) is 65.0 Å². The number of hydrogen-bond donors (Lipinski definition) is 0. The lowest BCUT2D eigenvalue weighted by atomic mass is 9.85. The van der Waals surface area contributed by atoms with Gasteiger partial charge in [0.1, 0.15) is 12.2 Å². The Hall–Kier alpha value is -1.43. The van der Waals surface area contributed by atoms with Gasteiger partial charge in [-0.05, 0) is 38.5 Å². The highest BCUT2D eigenvalue weighted by Gasteiger charge is 2.37. The van der Waals surface area contributed by atoms with Gasteiger partial charge in [-0.25, -0.2) is 0 Å². The number of likely N-dealkylation sites (tertiary alicyclic amines) is 1. The van der Waals surface area contributed by atoms with E-state index in [9.17, 15) is 4.79 Å². The van der Waals surface area contributed by atoms with E-state index in [0.29, 0.717) is 17.7 Å². The van der Waals surface area contributed by atoms with Crippen molar-refractivity contribution in [3.63, 3.8) is 0 Å². The van der Waals surface area contributed by atoms with Gasteiger partial charge in [0.25, 0.3) is 0 Å². The number of rotatable bonds is 4. The van der Waals surface area contributed by atoms with E-state index < -0.39 is 0 Å². The van der Waals surface area contributed by atoms with Crippen molar-refractivity contribution in [1.82, 2.24) is 19.7 Å². The average molecular weight is 334 g/mol. The maximum absolute atomic E-state index is 13.0. The molecule has 0 N–H and O–H groups in total. The Balaban J connectivity index is 1.60. The molecule has 1 aromatic rings. The maximum atomic E-state index is 13.0. The smallest absolute Gasteiger partial charge is 0.228 e. The lowest BCUT2D eigenvalue weighted by Crippen LogP contribution is -2.48. The Morgan fingerprint density at radius 2 is 2.08 bits per heavy atom. The molecular weight excluding hydrogens is 304 g/mol. The van der Waals surface area contributed by atoms with Crippen LogP contribution in [0.5, 0.6) is 0 Å². The van der Waals surface area contributed by atoms with Gasteiger partial charge in [-0.3, -0.25) is 4.79 Å². The zero-order valence-electron chi connectivity index (χ0n) is 15.1. The molecule has 0 bridgehead atoms. The summed E-state index contributed by atoms with van der Waals surface area (Å²) in [5.74, 6) is 2.21. The SMILES string of the molecule is CCn1cnnc1C1CCN(C(=O)[C@@H]2CCCO[C@H]2C(C)C)CC1. The number of nitrogens with zero attached hydrogens (tertiary/aromatic N) is 4. The second-order valence-electron chi connectivity index (χ2n) is 7.40. The molecule has 0 aromatic carbocycles. The largest absolute Gasteiger partial charge is 0.377 e. The molecule has 0 unspecified atom stereocenters. The van der Waals surface area contributed by atoms with E-state index in [4.69, 9.17) is 4.74 Å². The number of aromatic nitrogens is 3. The predicted molar refractivity (Wildman–Crippen MR) is 91.6 cm³/mol. The third kappa shape index (κ3) is 3.48. The van der Waals surface area contributed by atoms with Gasteiger partial charge in [0.15, 0.2) is 0 Å². The molecule has 24 heavy (non-hydrogen) atoms. The molecule has 2 aliphatic rings. The first-order chi connectivity index (χ1) is 11.6. The standard InChI is InChI=1S/C18H30N4O2/c1-4-21-12-19-20-17(21)14-7-9-22(10-8-14)18(23)15-6-5-11-24-16(15)13(2)3/h12-16H,4-11H2,1-3H3/t15-,16+/m1/s1. The van der Waals surface area contributed by atoms with Gasteiger partial charge >= 0.3 is 0 Å². The number of carbonyl (C=O) groups excluding carboxylic acids is 1. The third-order valence-corrected chi connectivity index (χ3v) is 5.50. The van der Waals surface area contributed by atoms with Crippen molar-refractivity contribution in [2.75, 3.05) is 19.7 Å². The number of ether oxygens (including phenoxy) is 1. The Morgan fingerprint density at radius 1 is 1.33 bits per heavy atom. The van der Waals surface area contributed by atoms with Gasteiger partial charge in [0.2, 0.25) is 5.91 Å². The predicted octanol–water partition coefficient (Wildman–Crippen LogP) is 2.46. The van der Waals surface area contributed by atoms with Crippen LogP contribution >= 0.6 is 0 Å². The van der Waals surface area contributed by atoms with Crippen LogP contribution in [0.4, 0.5) is 0 Å². The molecule has 134 valence electrons. The summed E-state index contributed by atoms with van der Waals surface area (Å²) >= 11 is 0. The molecule has 6 nitrogen and oxygen atoms in total. The second-order valence-corrected chi connectivity index (χ2v) is 7.40. The van der Waals surface area contributed by atoms with E-state index in [1.54, 1.807) is 6.33 Å². The highest BCUT2D eigenvalue weighted by atomic mass is 16.5. The van der Waals surface area contributed by atoms with Crippen molar-refractivity contribution in [3.05, 3.63) is 12.2 Å². The van der Waals surface area contributed by atoms with E-state index in [1.807, 2.05) is 0 Å². The van der Waals surface area contributed by atoms with Gasteiger partial charge in [0.05, 0.1) is 12.0 Å². The summed E-state index contributed by atoms with van der Waals surface area (Å²) in [7, 11) is 0. The summed E-state index contributed by atoms with van der Waals surface area (Å²) in [6.07, 6.45) is 5.79. The summed E-state index contributed by atoms with van der Waals surface area (Å²) in [5, 5.41) is 8.34. The van der Waals surface area contributed by atoms with Crippen LogP contribution < -0.4 is 0 Å². The van der Waals surface area contributed by atoms with Crippen molar-refractivity contribution in [2.24, 2.45) is 11.8 Å². The topological polar surface area (TPSA) is 60.2 Å². The minimum absolute atomic E-state index is 0.0367. The fourth-order valence-electron chi connectivity index (χ4n) is 4.14. The van der Waals surface area contributed by atoms with Crippen LogP contribution in [-0.4, -0.2) is 51.4 Å². The zero-order valence-corrected chi connectivity index (χ0v) is 15.1. The lowest BCUT2D eigenvalue weighted by molar-refractivity contribution is -0.148. The van der Waals surface area contributed by atoms with E-state index >= 15 is 0 Å². The maximum Gasteiger partial charge on any atom is 0.228 e. The Bertz CT molecular complexity index is 549. The van der Waals surface area contributed by atoms with Crippen LogP contribution in [0.2, 0.25) is 0 Å². The molecule has 2 fully saturated rings. The first kappa shape index (κ1) is 17.4. The Kier molecular flexibility index (Phi) is 5.54. The van der Waals surface area contributed by atoms with E-state index in [2.05, 4.69) is 40.4 Å². The minimum Gasteiger partial charge on any atom is -0.377 e. The summed E-state index contributed by atoms with van der Waals surface area (Å²) < 4.78 is 8.02. The molecular formula is C18H30N4O2. The summed E-state index contributed by atoms with van der Waals surface area (Å²) in [4.78, 5) is 15.1. The van der Waals surface area contributed by atoms with Crippen molar-refractivity contribution >= 4 is 5.91 Å². The molecule has 6 heteroatoms.